The first-order valence-corrected chi connectivity index (χ1v) is 17.1. The third kappa shape index (κ3) is 7.90. The van der Waals surface area contributed by atoms with Gasteiger partial charge in [0, 0.05) is 36.7 Å². The summed E-state index contributed by atoms with van der Waals surface area (Å²) < 4.78 is 14.8. The lowest BCUT2D eigenvalue weighted by atomic mass is 9.99. The fourth-order valence-electron chi connectivity index (χ4n) is 5.72. The Bertz CT molecular complexity index is 2040. The van der Waals surface area contributed by atoms with Crippen LogP contribution in [-0.4, -0.2) is 53.2 Å². The Balaban J connectivity index is 1.09. The quantitative estimate of drug-likeness (QED) is 0.135. The van der Waals surface area contributed by atoms with Crippen molar-refractivity contribution in [3.05, 3.63) is 149 Å². The SMILES string of the molecule is O=C(NCc1cccc(-c2cccc(C3OC(CSc4nnnn4-c4ccc(O)cc4)CC(c4ccc(CO)cc4)O3)c2)c1)c1cccnc1. The van der Waals surface area contributed by atoms with Crippen molar-refractivity contribution in [2.45, 2.75) is 43.2 Å². The monoisotopic (exact) mass is 686 g/mol. The molecule has 0 bridgehead atoms. The molecule has 1 aliphatic rings. The molecular weight excluding hydrogens is 653 g/mol. The number of aromatic hydroxyl groups is 1. The maximum atomic E-state index is 12.6. The Morgan fingerprint density at radius 1 is 0.880 bits per heavy atom. The number of thioether (sulfide) groups is 1. The van der Waals surface area contributed by atoms with Gasteiger partial charge in [-0.15, -0.1) is 5.10 Å². The summed E-state index contributed by atoms with van der Waals surface area (Å²) >= 11 is 1.48. The summed E-state index contributed by atoms with van der Waals surface area (Å²) in [6, 6.07) is 34.1. The van der Waals surface area contributed by atoms with Crippen LogP contribution in [0.2, 0.25) is 0 Å². The van der Waals surface area contributed by atoms with E-state index in [1.165, 1.54) is 11.8 Å². The molecule has 11 nitrogen and oxygen atoms in total. The highest BCUT2D eigenvalue weighted by Crippen LogP contribution is 2.40. The van der Waals surface area contributed by atoms with Crippen molar-refractivity contribution in [3.63, 3.8) is 0 Å². The molecule has 252 valence electrons. The first-order chi connectivity index (χ1) is 24.5. The number of pyridine rings is 1. The van der Waals surface area contributed by atoms with Crippen molar-refractivity contribution in [2.24, 2.45) is 0 Å². The molecule has 0 spiro atoms. The molecular formula is C38H34N6O5S. The van der Waals surface area contributed by atoms with Crippen LogP contribution in [0.5, 0.6) is 5.75 Å². The van der Waals surface area contributed by atoms with Crippen LogP contribution in [0.15, 0.2) is 127 Å². The highest BCUT2D eigenvalue weighted by atomic mass is 32.2. The summed E-state index contributed by atoms with van der Waals surface area (Å²) in [5.74, 6) is 0.552. The van der Waals surface area contributed by atoms with Gasteiger partial charge in [0.25, 0.3) is 5.91 Å². The molecule has 0 radical (unpaired) electrons. The highest BCUT2D eigenvalue weighted by Gasteiger charge is 2.33. The number of phenols is 1. The average Bonchev–Trinajstić information content (AvgIpc) is 3.65. The zero-order valence-electron chi connectivity index (χ0n) is 26.9. The van der Waals surface area contributed by atoms with Crippen LogP contribution in [0.1, 0.15) is 51.4 Å². The Labute approximate surface area is 292 Å². The molecule has 3 atom stereocenters. The number of ether oxygens (including phenoxy) is 2. The first-order valence-electron chi connectivity index (χ1n) is 16.1. The number of aromatic nitrogens is 5. The molecule has 3 unspecified atom stereocenters. The molecule has 7 rings (SSSR count). The van der Waals surface area contributed by atoms with Gasteiger partial charge in [0.05, 0.1) is 30.1 Å². The number of hydrogen-bond acceptors (Lipinski definition) is 10. The predicted octanol–water partition coefficient (Wildman–Crippen LogP) is 6.19. The molecule has 0 saturated carbocycles. The summed E-state index contributed by atoms with van der Waals surface area (Å²) in [6.45, 7) is 0.347. The van der Waals surface area contributed by atoms with Crippen molar-refractivity contribution in [1.82, 2.24) is 30.5 Å². The van der Waals surface area contributed by atoms with Crippen molar-refractivity contribution < 1.29 is 24.5 Å². The van der Waals surface area contributed by atoms with Crippen LogP contribution in [-0.2, 0) is 22.6 Å². The zero-order valence-corrected chi connectivity index (χ0v) is 27.7. The van der Waals surface area contributed by atoms with Gasteiger partial charge in [-0.25, -0.2) is 0 Å². The molecule has 12 heteroatoms. The second-order valence-electron chi connectivity index (χ2n) is 11.8. The van der Waals surface area contributed by atoms with E-state index in [-0.39, 0.29) is 30.5 Å². The predicted molar refractivity (Wildman–Crippen MR) is 187 cm³/mol. The van der Waals surface area contributed by atoms with E-state index in [9.17, 15) is 15.0 Å². The van der Waals surface area contributed by atoms with Crippen LogP contribution < -0.4 is 5.32 Å². The van der Waals surface area contributed by atoms with E-state index in [1.54, 1.807) is 53.5 Å². The van der Waals surface area contributed by atoms with E-state index in [1.807, 2.05) is 60.7 Å². The van der Waals surface area contributed by atoms with Crippen molar-refractivity contribution in [1.29, 1.82) is 0 Å². The van der Waals surface area contributed by atoms with E-state index in [0.717, 1.165) is 39.1 Å². The fraction of sp³-hybridized carbons (Fsp3) is 0.184. The van der Waals surface area contributed by atoms with E-state index in [0.29, 0.717) is 29.4 Å². The number of phenolic OH excluding ortho intramolecular Hbond substituents is 1. The number of tetrazole rings is 1. The summed E-state index contributed by atoms with van der Waals surface area (Å²) in [5, 5.41) is 35.1. The van der Waals surface area contributed by atoms with Crippen molar-refractivity contribution >= 4 is 17.7 Å². The Morgan fingerprint density at radius 2 is 1.68 bits per heavy atom. The number of nitrogens with one attached hydrogen (secondary N) is 1. The van der Waals surface area contributed by atoms with E-state index in [4.69, 9.17) is 9.47 Å². The lowest BCUT2D eigenvalue weighted by Crippen LogP contribution is -2.31. The van der Waals surface area contributed by atoms with Gasteiger partial charge in [-0.1, -0.05) is 72.4 Å². The van der Waals surface area contributed by atoms with Crippen LogP contribution in [0, 0.1) is 0 Å². The number of aliphatic hydroxyl groups is 1. The Hall–Kier alpha value is -5.40. The molecule has 1 amide bonds. The number of hydrogen-bond donors (Lipinski definition) is 3. The standard InChI is InChI=1S/C38H34N6O5S/c45-23-25-9-11-27(12-10-25)35-20-34(24-50-38-41-42-43-44(38)32-13-15-33(46)16-14-32)48-37(49-35)30-7-2-6-29(19-30)28-5-1-4-26(18-28)21-40-36(47)31-8-3-17-39-22-31/h1-19,22,34-35,37,45-46H,20-21,23-24H2,(H,40,47). The summed E-state index contributed by atoms with van der Waals surface area (Å²) in [4.78, 5) is 16.6. The minimum Gasteiger partial charge on any atom is -0.508 e. The van der Waals surface area contributed by atoms with Crippen LogP contribution in [0.4, 0.5) is 0 Å². The highest BCUT2D eigenvalue weighted by molar-refractivity contribution is 7.99. The van der Waals surface area contributed by atoms with Gasteiger partial charge in [0.1, 0.15) is 5.75 Å². The Kier molecular flexibility index (Phi) is 10.2. The number of carbonyl (C=O) groups excluding carboxylic acids is 1. The lowest BCUT2D eigenvalue weighted by Gasteiger charge is -2.36. The van der Waals surface area contributed by atoms with Gasteiger partial charge in [-0.2, -0.15) is 4.68 Å². The smallest absolute Gasteiger partial charge is 0.253 e. The van der Waals surface area contributed by atoms with Crippen molar-refractivity contribution in [2.75, 3.05) is 5.75 Å². The Morgan fingerprint density at radius 3 is 2.46 bits per heavy atom. The van der Waals surface area contributed by atoms with Gasteiger partial charge >= 0.3 is 0 Å². The van der Waals surface area contributed by atoms with Gasteiger partial charge in [0.2, 0.25) is 5.16 Å². The minimum atomic E-state index is -0.646. The van der Waals surface area contributed by atoms with Gasteiger partial charge in [-0.05, 0) is 86.8 Å². The van der Waals surface area contributed by atoms with E-state index in [2.05, 4.69) is 38.0 Å². The van der Waals surface area contributed by atoms with Gasteiger partial charge < -0.3 is 25.0 Å². The lowest BCUT2D eigenvalue weighted by molar-refractivity contribution is -0.245. The molecule has 2 aromatic heterocycles. The molecule has 1 saturated heterocycles. The molecule has 1 fully saturated rings. The largest absolute Gasteiger partial charge is 0.508 e. The number of amides is 1. The molecule has 3 N–H and O–H groups in total. The second kappa shape index (κ2) is 15.4. The summed E-state index contributed by atoms with van der Waals surface area (Å²) in [7, 11) is 0. The normalized spacial score (nSPS) is 17.3. The first kappa shape index (κ1) is 33.1. The molecule has 3 heterocycles. The number of rotatable bonds is 11. The topological polar surface area (TPSA) is 145 Å². The second-order valence-corrected chi connectivity index (χ2v) is 12.8. The number of carbonyl (C=O) groups is 1. The fourth-order valence-corrected chi connectivity index (χ4v) is 6.63. The van der Waals surface area contributed by atoms with Crippen LogP contribution in [0.3, 0.4) is 0 Å². The third-order valence-electron chi connectivity index (χ3n) is 8.34. The van der Waals surface area contributed by atoms with Gasteiger partial charge in [0.15, 0.2) is 6.29 Å². The minimum absolute atomic E-state index is 0.0303. The van der Waals surface area contributed by atoms with E-state index >= 15 is 0 Å². The molecule has 0 aliphatic carbocycles. The van der Waals surface area contributed by atoms with Crippen LogP contribution >= 0.6 is 11.8 Å². The third-order valence-corrected chi connectivity index (χ3v) is 9.40. The average molecular weight is 687 g/mol. The molecule has 1 aliphatic heterocycles. The number of benzene rings is 4. The van der Waals surface area contributed by atoms with E-state index < -0.39 is 6.29 Å². The number of aliphatic hydroxyl groups excluding tert-OH is 1. The molecule has 6 aromatic rings. The molecule has 50 heavy (non-hydrogen) atoms. The maximum absolute atomic E-state index is 12.6. The zero-order chi connectivity index (χ0) is 34.3. The summed E-state index contributed by atoms with van der Waals surface area (Å²) in [5.41, 5.74) is 6.91. The summed E-state index contributed by atoms with van der Waals surface area (Å²) in [6.07, 6.45) is 2.68. The van der Waals surface area contributed by atoms with Crippen molar-refractivity contribution in [3.8, 4) is 22.6 Å². The maximum Gasteiger partial charge on any atom is 0.253 e. The van der Waals surface area contributed by atoms with Gasteiger partial charge in [-0.3, -0.25) is 9.78 Å². The van der Waals surface area contributed by atoms with Crippen LogP contribution in [0.25, 0.3) is 16.8 Å². The number of nitrogens with zero attached hydrogens (tertiary/aromatic N) is 5. The molecule has 4 aromatic carbocycles.